The van der Waals surface area contributed by atoms with E-state index in [4.69, 9.17) is 4.74 Å². The van der Waals surface area contributed by atoms with Gasteiger partial charge in [0.25, 0.3) is 0 Å². The van der Waals surface area contributed by atoms with Crippen molar-refractivity contribution in [3.63, 3.8) is 0 Å². The molecule has 0 aromatic rings. The monoisotopic (exact) mass is 387 g/mol. The summed E-state index contributed by atoms with van der Waals surface area (Å²) in [5.74, 6) is 0.608. The van der Waals surface area contributed by atoms with Crippen molar-refractivity contribution in [2.24, 2.45) is 4.99 Å². The van der Waals surface area contributed by atoms with Crippen LogP contribution < -0.4 is 10.6 Å². The zero-order valence-electron chi connectivity index (χ0n) is 16.6. The van der Waals surface area contributed by atoms with Crippen LogP contribution in [0.5, 0.6) is 0 Å². The molecule has 1 unspecified atom stereocenters. The van der Waals surface area contributed by atoms with E-state index in [1.54, 1.807) is 30.8 Å². The fraction of sp³-hybridized carbons (Fsp3) is 0.824. The van der Waals surface area contributed by atoms with Crippen LogP contribution in [0.2, 0.25) is 0 Å². The fourth-order valence-electron chi connectivity index (χ4n) is 2.38. The lowest BCUT2D eigenvalue weighted by atomic mass is 10.1. The van der Waals surface area contributed by atoms with Crippen LogP contribution in [-0.2, 0) is 9.53 Å². The molecule has 0 aliphatic carbocycles. The van der Waals surface area contributed by atoms with Gasteiger partial charge in [0.1, 0.15) is 6.54 Å². The van der Waals surface area contributed by atoms with Gasteiger partial charge in [-0.1, -0.05) is 6.92 Å². The number of thioether (sulfide) groups is 1. The lowest BCUT2D eigenvalue weighted by molar-refractivity contribution is -0.127. The van der Waals surface area contributed by atoms with Crippen molar-refractivity contribution in [1.29, 1.82) is 0 Å². The maximum Gasteiger partial charge on any atom is 0.409 e. The maximum atomic E-state index is 11.8. The average molecular weight is 388 g/mol. The van der Waals surface area contributed by atoms with E-state index in [1.165, 1.54) is 4.90 Å². The number of ether oxygens (including phenoxy) is 1. The highest BCUT2D eigenvalue weighted by atomic mass is 32.2. The van der Waals surface area contributed by atoms with Gasteiger partial charge < -0.3 is 25.2 Å². The zero-order chi connectivity index (χ0) is 19.5. The quantitative estimate of drug-likeness (QED) is 0.500. The average Bonchev–Trinajstić information content (AvgIpc) is 2.63. The van der Waals surface area contributed by atoms with Gasteiger partial charge in [0, 0.05) is 45.0 Å². The summed E-state index contributed by atoms with van der Waals surface area (Å²) in [7, 11) is 3.44. The van der Waals surface area contributed by atoms with Gasteiger partial charge in [-0.25, -0.2) is 9.79 Å². The number of likely N-dealkylation sites (N-methyl/N-ethyl adjacent to an activating group) is 1. The number of carbonyl (C=O) groups is 2. The van der Waals surface area contributed by atoms with Crippen molar-refractivity contribution >= 4 is 29.7 Å². The molecule has 1 heterocycles. The third-order valence-electron chi connectivity index (χ3n) is 4.19. The van der Waals surface area contributed by atoms with E-state index in [1.807, 2.05) is 6.92 Å². The smallest absolute Gasteiger partial charge is 0.409 e. The largest absolute Gasteiger partial charge is 0.450 e. The highest BCUT2D eigenvalue weighted by Crippen LogP contribution is 2.11. The third kappa shape index (κ3) is 8.16. The van der Waals surface area contributed by atoms with Crippen molar-refractivity contribution in [3.05, 3.63) is 0 Å². The molecule has 26 heavy (non-hydrogen) atoms. The van der Waals surface area contributed by atoms with Crippen LogP contribution in [0.4, 0.5) is 4.79 Å². The van der Waals surface area contributed by atoms with Crippen molar-refractivity contribution in [1.82, 2.24) is 20.4 Å². The normalized spacial score (nSPS) is 16.8. The summed E-state index contributed by atoms with van der Waals surface area (Å²) in [6, 6.07) is 0.214. The minimum Gasteiger partial charge on any atom is -0.450 e. The summed E-state index contributed by atoms with van der Waals surface area (Å²) < 4.78 is 5.05. The molecule has 0 aromatic carbocycles. The SMILES string of the molecule is CCOC(=O)N1CCC(NC(=NCC(=O)N(C)C)NCC(C)SC)CC1. The molecule has 1 atom stereocenters. The van der Waals surface area contributed by atoms with Gasteiger partial charge in [0.05, 0.1) is 6.61 Å². The van der Waals surface area contributed by atoms with Crippen molar-refractivity contribution < 1.29 is 14.3 Å². The predicted octanol–water partition coefficient (Wildman–Crippen LogP) is 0.982. The molecule has 2 N–H and O–H groups in total. The van der Waals surface area contributed by atoms with E-state index < -0.39 is 0 Å². The summed E-state index contributed by atoms with van der Waals surface area (Å²) in [6.45, 7) is 6.53. The van der Waals surface area contributed by atoms with Crippen LogP contribution in [0.25, 0.3) is 0 Å². The molecule has 1 fully saturated rings. The number of rotatable bonds is 7. The summed E-state index contributed by atoms with van der Waals surface area (Å²) >= 11 is 1.77. The van der Waals surface area contributed by atoms with Gasteiger partial charge in [-0.15, -0.1) is 0 Å². The van der Waals surface area contributed by atoms with E-state index in [2.05, 4.69) is 28.8 Å². The summed E-state index contributed by atoms with van der Waals surface area (Å²) in [5.41, 5.74) is 0. The first kappa shape index (κ1) is 22.4. The molecule has 1 rings (SSSR count). The molecule has 2 amide bonds. The van der Waals surface area contributed by atoms with Gasteiger partial charge in [-0.05, 0) is 26.0 Å². The molecular formula is C17H33N5O3S. The molecule has 0 saturated carbocycles. The Morgan fingerprint density at radius 1 is 1.35 bits per heavy atom. The molecule has 1 aliphatic heterocycles. The highest BCUT2D eigenvalue weighted by molar-refractivity contribution is 7.99. The third-order valence-corrected chi connectivity index (χ3v) is 5.16. The molecule has 0 spiro atoms. The van der Waals surface area contributed by atoms with Crippen molar-refractivity contribution in [2.75, 3.05) is 53.1 Å². The van der Waals surface area contributed by atoms with E-state index in [0.29, 0.717) is 30.9 Å². The van der Waals surface area contributed by atoms with Crippen molar-refractivity contribution in [3.8, 4) is 0 Å². The van der Waals surface area contributed by atoms with Gasteiger partial charge in [0.15, 0.2) is 5.96 Å². The number of nitrogens with zero attached hydrogens (tertiary/aromatic N) is 3. The van der Waals surface area contributed by atoms with Gasteiger partial charge in [-0.3, -0.25) is 4.79 Å². The van der Waals surface area contributed by atoms with E-state index in [9.17, 15) is 9.59 Å². The fourth-order valence-corrected chi connectivity index (χ4v) is 2.63. The van der Waals surface area contributed by atoms with Crippen LogP contribution in [0.15, 0.2) is 4.99 Å². The summed E-state index contributed by atoms with van der Waals surface area (Å²) in [4.78, 5) is 31.3. The van der Waals surface area contributed by atoms with E-state index >= 15 is 0 Å². The number of likely N-dealkylation sites (tertiary alicyclic amines) is 1. The Kier molecular flexibility index (Phi) is 10.2. The molecule has 1 aliphatic rings. The second kappa shape index (κ2) is 11.9. The van der Waals surface area contributed by atoms with Crippen LogP contribution >= 0.6 is 11.8 Å². The number of aliphatic imine (C=N–C) groups is 1. The number of amides is 2. The first-order valence-electron chi connectivity index (χ1n) is 9.06. The number of nitrogens with one attached hydrogen (secondary N) is 2. The van der Waals surface area contributed by atoms with Crippen molar-refractivity contribution in [2.45, 2.75) is 38.0 Å². The summed E-state index contributed by atoms with van der Waals surface area (Å²) in [5, 5.41) is 7.15. The number of guanidine groups is 1. The topological polar surface area (TPSA) is 86.3 Å². The number of carbonyl (C=O) groups excluding carboxylic acids is 2. The summed E-state index contributed by atoms with van der Waals surface area (Å²) in [6.07, 6.45) is 3.46. The van der Waals surface area contributed by atoms with Gasteiger partial charge >= 0.3 is 6.09 Å². The van der Waals surface area contributed by atoms with Crippen LogP contribution in [0.3, 0.4) is 0 Å². The second-order valence-electron chi connectivity index (χ2n) is 6.48. The number of hydrogen-bond donors (Lipinski definition) is 2. The Hall–Kier alpha value is -1.64. The number of piperidine rings is 1. The lowest BCUT2D eigenvalue weighted by Gasteiger charge is -2.32. The Labute approximate surface area is 161 Å². The minimum atomic E-state index is -0.247. The van der Waals surface area contributed by atoms with Crippen LogP contribution in [0.1, 0.15) is 26.7 Å². The molecule has 9 heteroatoms. The molecule has 1 saturated heterocycles. The molecular weight excluding hydrogens is 354 g/mol. The van der Waals surface area contributed by atoms with Gasteiger partial charge in [-0.2, -0.15) is 11.8 Å². The first-order valence-corrected chi connectivity index (χ1v) is 10.4. The zero-order valence-corrected chi connectivity index (χ0v) is 17.4. The second-order valence-corrected chi connectivity index (χ2v) is 7.76. The molecule has 0 aromatic heterocycles. The van der Waals surface area contributed by atoms with Gasteiger partial charge in [0.2, 0.25) is 5.91 Å². The standard InChI is InChI=1S/C17H33N5O3S/c1-6-25-17(24)22-9-7-14(8-10-22)20-16(18-11-13(2)26-5)19-12-15(23)21(3)4/h13-14H,6-12H2,1-5H3,(H2,18,19,20). The van der Waals surface area contributed by atoms with E-state index in [0.717, 1.165) is 19.4 Å². The highest BCUT2D eigenvalue weighted by Gasteiger charge is 2.24. The molecule has 8 nitrogen and oxygen atoms in total. The Bertz CT molecular complexity index is 479. The molecule has 150 valence electrons. The van der Waals surface area contributed by atoms with E-state index in [-0.39, 0.29) is 24.6 Å². The Balaban J connectivity index is 2.58. The predicted molar refractivity (Wildman–Crippen MR) is 107 cm³/mol. The minimum absolute atomic E-state index is 0.0406. The van der Waals surface area contributed by atoms with Crippen LogP contribution in [-0.4, -0.2) is 92.2 Å². The number of hydrogen-bond acceptors (Lipinski definition) is 5. The maximum absolute atomic E-state index is 11.8. The molecule has 0 bridgehead atoms. The Morgan fingerprint density at radius 3 is 2.54 bits per heavy atom. The Morgan fingerprint density at radius 2 is 2.00 bits per heavy atom. The van der Waals surface area contributed by atoms with Crippen LogP contribution in [0, 0.1) is 0 Å². The lowest BCUT2D eigenvalue weighted by Crippen LogP contribution is -2.50. The first-order chi connectivity index (χ1) is 12.4. The molecule has 0 radical (unpaired) electrons.